The molecule has 0 radical (unpaired) electrons. The van der Waals surface area contributed by atoms with Gasteiger partial charge in [-0.1, -0.05) is 76.2 Å². The minimum absolute atomic E-state index is 0.104. The van der Waals surface area contributed by atoms with Gasteiger partial charge in [-0.05, 0) is 45.9 Å². The van der Waals surface area contributed by atoms with Gasteiger partial charge < -0.3 is 20.6 Å². The second-order valence-corrected chi connectivity index (χ2v) is 12.6. The van der Waals surface area contributed by atoms with Crippen LogP contribution in [0.15, 0.2) is 60.9 Å². The fourth-order valence-electron chi connectivity index (χ4n) is 5.30. The first-order chi connectivity index (χ1) is 19.1. The molecule has 2 fully saturated rings. The standard InChI is InChI=1S/C32H36N6O2/c1-31(2)13-23(31)29(39)35-17-27-33-15-25(37-27)21-9-5-19(6-10-21)20-7-11-22(12-8-20)26-16-34-28(38-26)18-36-30(40)24-14-32(24,3)4/h5-12,15-16,23-24H,13-14,17-18H2,1-4H3,(H,33,37)(H,34,38)(H,35,39)(H,36,40). The first-order valence-electron chi connectivity index (χ1n) is 13.9. The fraction of sp³-hybridized carbons (Fsp3) is 0.375. The van der Waals surface area contributed by atoms with Gasteiger partial charge in [0.1, 0.15) is 11.6 Å². The maximum absolute atomic E-state index is 12.3. The van der Waals surface area contributed by atoms with Gasteiger partial charge in [-0.2, -0.15) is 0 Å². The average Bonchev–Trinajstić information content (AvgIpc) is 3.54. The van der Waals surface area contributed by atoms with Crippen LogP contribution in [0, 0.1) is 22.7 Å². The largest absolute Gasteiger partial charge is 0.349 e. The van der Waals surface area contributed by atoms with E-state index in [4.69, 9.17) is 0 Å². The summed E-state index contributed by atoms with van der Waals surface area (Å²) in [5.74, 6) is 1.93. The number of benzene rings is 2. The molecule has 2 unspecified atom stereocenters. The third-order valence-corrected chi connectivity index (χ3v) is 8.50. The first-order valence-corrected chi connectivity index (χ1v) is 13.9. The SMILES string of the molecule is CC1(C)CC1C(=O)NCc1ncc(-c2ccc(-c3ccc(-c4cnc(CNC(=O)C5CC5(C)C)[nH]4)cc3)cc2)[nH]1. The third-order valence-electron chi connectivity index (χ3n) is 8.50. The predicted molar refractivity (Wildman–Crippen MR) is 155 cm³/mol. The number of aromatic amines is 2. The predicted octanol–water partition coefficient (Wildman–Crippen LogP) is 5.46. The van der Waals surface area contributed by atoms with Crippen LogP contribution in [0.5, 0.6) is 0 Å². The van der Waals surface area contributed by atoms with E-state index in [-0.39, 0.29) is 34.5 Å². The van der Waals surface area contributed by atoms with Crippen LogP contribution in [0.25, 0.3) is 33.6 Å². The molecule has 2 aliphatic carbocycles. The lowest BCUT2D eigenvalue weighted by atomic mass is 10.0. The summed E-state index contributed by atoms with van der Waals surface area (Å²) < 4.78 is 0. The van der Waals surface area contributed by atoms with E-state index in [0.29, 0.717) is 13.1 Å². The van der Waals surface area contributed by atoms with E-state index in [1.54, 1.807) is 0 Å². The van der Waals surface area contributed by atoms with Gasteiger partial charge in [0, 0.05) is 11.8 Å². The van der Waals surface area contributed by atoms with E-state index in [9.17, 15) is 9.59 Å². The van der Waals surface area contributed by atoms with Crippen LogP contribution in [-0.2, 0) is 22.7 Å². The molecule has 0 saturated heterocycles. The Balaban J connectivity index is 1.04. The highest BCUT2D eigenvalue weighted by Gasteiger charge is 2.51. The molecule has 6 rings (SSSR count). The average molecular weight is 537 g/mol. The van der Waals surface area contributed by atoms with Crippen molar-refractivity contribution in [2.24, 2.45) is 22.7 Å². The summed E-state index contributed by atoms with van der Waals surface area (Å²) in [7, 11) is 0. The van der Waals surface area contributed by atoms with Gasteiger partial charge in [0.15, 0.2) is 0 Å². The van der Waals surface area contributed by atoms with Gasteiger partial charge in [-0.25, -0.2) is 9.97 Å². The van der Waals surface area contributed by atoms with Gasteiger partial charge >= 0.3 is 0 Å². The number of rotatable bonds is 9. The molecule has 40 heavy (non-hydrogen) atoms. The summed E-state index contributed by atoms with van der Waals surface area (Å²) in [6, 6.07) is 16.7. The maximum atomic E-state index is 12.3. The maximum Gasteiger partial charge on any atom is 0.224 e. The number of nitrogens with one attached hydrogen (secondary N) is 4. The number of nitrogens with zero attached hydrogens (tertiary/aromatic N) is 2. The van der Waals surface area contributed by atoms with Crippen LogP contribution in [0.2, 0.25) is 0 Å². The van der Waals surface area contributed by atoms with Crippen LogP contribution < -0.4 is 10.6 Å². The van der Waals surface area contributed by atoms with Crippen LogP contribution in [0.4, 0.5) is 0 Å². The second kappa shape index (κ2) is 9.77. The molecule has 206 valence electrons. The molecule has 2 aromatic heterocycles. The Bertz CT molecular complexity index is 1430. The van der Waals surface area contributed by atoms with E-state index in [0.717, 1.165) is 58.1 Å². The van der Waals surface area contributed by atoms with Crippen LogP contribution in [0.1, 0.15) is 52.2 Å². The van der Waals surface area contributed by atoms with Gasteiger partial charge in [0.2, 0.25) is 11.8 Å². The first kappa shape index (κ1) is 26.0. The Morgan fingerprint density at radius 1 is 0.675 bits per heavy atom. The van der Waals surface area contributed by atoms with Crippen molar-refractivity contribution in [3.05, 3.63) is 72.6 Å². The lowest BCUT2D eigenvalue weighted by Crippen LogP contribution is -2.26. The van der Waals surface area contributed by atoms with Gasteiger partial charge in [-0.15, -0.1) is 0 Å². The highest BCUT2D eigenvalue weighted by molar-refractivity contribution is 5.82. The van der Waals surface area contributed by atoms with Gasteiger partial charge in [0.05, 0.1) is 36.9 Å². The Labute approximate surface area is 234 Å². The summed E-state index contributed by atoms with van der Waals surface area (Å²) >= 11 is 0. The highest BCUT2D eigenvalue weighted by Crippen LogP contribution is 2.52. The molecule has 8 heteroatoms. The van der Waals surface area contributed by atoms with Crippen molar-refractivity contribution in [2.75, 3.05) is 0 Å². The Kier molecular flexibility index (Phi) is 6.36. The third kappa shape index (κ3) is 5.43. The van der Waals surface area contributed by atoms with Crippen molar-refractivity contribution in [1.82, 2.24) is 30.6 Å². The zero-order valence-corrected chi connectivity index (χ0v) is 23.5. The van der Waals surface area contributed by atoms with Gasteiger partial charge in [-0.3, -0.25) is 9.59 Å². The molecule has 4 aromatic rings. The van der Waals surface area contributed by atoms with E-state index < -0.39 is 0 Å². The molecule has 2 aliphatic rings. The number of imidazole rings is 2. The number of hydrogen-bond donors (Lipinski definition) is 4. The summed E-state index contributed by atoms with van der Waals surface area (Å²) in [6.45, 7) is 9.29. The quantitative estimate of drug-likeness (QED) is 0.227. The lowest BCUT2D eigenvalue weighted by Gasteiger charge is -2.06. The monoisotopic (exact) mass is 536 g/mol. The number of carbonyl (C=O) groups is 2. The zero-order valence-electron chi connectivity index (χ0n) is 23.5. The van der Waals surface area contributed by atoms with Crippen molar-refractivity contribution >= 4 is 11.8 Å². The molecule has 2 heterocycles. The summed E-state index contributed by atoms with van der Waals surface area (Å²) in [5, 5.41) is 5.99. The minimum Gasteiger partial charge on any atom is -0.349 e. The van der Waals surface area contributed by atoms with Crippen molar-refractivity contribution < 1.29 is 9.59 Å². The van der Waals surface area contributed by atoms with Crippen molar-refractivity contribution in [3.8, 4) is 33.6 Å². The normalized spacial score (nSPS) is 20.1. The van der Waals surface area contributed by atoms with Crippen LogP contribution >= 0.6 is 0 Å². The molecular formula is C32H36N6O2. The molecule has 2 saturated carbocycles. The van der Waals surface area contributed by atoms with E-state index in [1.165, 1.54) is 0 Å². The lowest BCUT2D eigenvalue weighted by molar-refractivity contribution is -0.124. The van der Waals surface area contributed by atoms with E-state index >= 15 is 0 Å². The number of hydrogen-bond acceptors (Lipinski definition) is 4. The topological polar surface area (TPSA) is 116 Å². The molecule has 0 aliphatic heterocycles. The molecule has 2 amide bonds. The molecule has 2 atom stereocenters. The van der Waals surface area contributed by atoms with Crippen molar-refractivity contribution in [3.63, 3.8) is 0 Å². The molecule has 0 bridgehead atoms. The molecule has 8 nitrogen and oxygen atoms in total. The summed E-state index contributed by atoms with van der Waals surface area (Å²) in [5.41, 5.74) is 6.39. The Morgan fingerprint density at radius 3 is 1.32 bits per heavy atom. The fourth-order valence-corrected chi connectivity index (χ4v) is 5.30. The Morgan fingerprint density at radius 2 is 1.00 bits per heavy atom. The Hall–Kier alpha value is -4.20. The summed E-state index contributed by atoms with van der Waals surface area (Å²) in [6.07, 6.45) is 5.51. The number of aromatic nitrogens is 4. The van der Waals surface area contributed by atoms with E-state index in [1.807, 2.05) is 12.4 Å². The van der Waals surface area contributed by atoms with Crippen molar-refractivity contribution in [2.45, 2.75) is 53.6 Å². The molecular weight excluding hydrogens is 500 g/mol. The number of amides is 2. The van der Waals surface area contributed by atoms with Crippen LogP contribution in [0.3, 0.4) is 0 Å². The van der Waals surface area contributed by atoms with Gasteiger partial charge in [0.25, 0.3) is 0 Å². The second-order valence-electron chi connectivity index (χ2n) is 12.6. The minimum atomic E-state index is 0.104. The summed E-state index contributed by atoms with van der Waals surface area (Å²) in [4.78, 5) is 40.0. The number of H-pyrrole nitrogens is 2. The highest BCUT2D eigenvalue weighted by atomic mass is 16.2. The zero-order chi connectivity index (χ0) is 28.1. The molecule has 2 aromatic carbocycles. The number of carbonyl (C=O) groups excluding carboxylic acids is 2. The van der Waals surface area contributed by atoms with Crippen molar-refractivity contribution in [1.29, 1.82) is 0 Å². The van der Waals surface area contributed by atoms with E-state index in [2.05, 4.69) is 107 Å². The smallest absolute Gasteiger partial charge is 0.224 e. The molecule has 0 spiro atoms. The molecule has 4 N–H and O–H groups in total. The van der Waals surface area contributed by atoms with Crippen LogP contribution in [-0.4, -0.2) is 31.8 Å².